The lowest BCUT2D eigenvalue weighted by atomic mass is 10.7. The molecule has 13 heavy (non-hydrogen) atoms. The van der Waals surface area contributed by atoms with Crippen molar-refractivity contribution in [3.05, 3.63) is 24.2 Å². The largest absolute Gasteiger partial charge is 0.301 e. The van der Waals surface area contributed by atoms with Crippen LogP contribution in [-0.4, -0.2) is 22.4 Å². The second-order valence-electron chi connectivity index (χ2n) is 2.19. The molecule has 0 spiro atoms. The first-order valence-electron chi connectivity index (χ1n) is 3.71. The third kappa shape index (κ3) is 4.10. The van der Waals surface area contributed by atoms with Gasteiger partial charge in [0.15, 0.2) is 5.13 Å². The summed E-state index contributed by atoms with van der Waals surface area (Å²) in [5.41, 5.74) is 0. The molecule has 0 aromatic carbocycles. The van der Waals surface area contributed by atoms with Crippen LogP contribution in [-0.2, 0) is 4.79 Å². The highest BCUT2D eigenvalue weighted by Gasteiger charge is 2.02. The first kappa shape index (κ1) is 10.3. The van der Waals surface area contributed by atoms with Crippen molar-refractivity contribution < 1.29 is 4.79 Å². The average Bonchev–Trinajstić information content (AvgIpc) is 2.57. The second-order valence-corrected chi connectivity index (χ2v) is 4.11. The highest BCUT2D eigenvalue weighted by atomic mass is 32.2. The van der Waals surface area contributed by atoms with Crippen molar-refractivity contribution in [3.63, 3.8) is 0 Å². The van der Waals surface area contributed by atoms with Crippen LogP contribution in [0.15, 0.2) is 24.2 Å². The second kappa shape index (κ2) is 5.77. The predicted octanol–water partition coefficient (Wildman–Crippen LogP) is 2.00. The zero-order valence-electron chi connectivity index (χ0n) is 7.03. The number of aromatic nitrogens is 1. The number of thioether (sulfide) groups is 1. The van der Waals surface area contributed by atoms with Crippen molar-refractivity contribution in [2.24, 2.45) is 0 Å². The Hall–Kier alpha value is -0.810. The van der Waals surface area contributed by atoms with Gasteiger partial charge in [-0.05, 0) is 0 Å². The Balaban J connectivity index is 2.22. The smallest absolute Gasteiger partial charge is 0.236 e. The van der Waals surface area contributed by atoms with Crippen LogP contribution in [0.25, 0.3) is 0 Å². The Kier molecular flexibility index (Phi) is 4.56. The van der Waals surface area contributed by atoms with Gasteiger partial charge in [-0.15, -0.1) is 29.7 Å². The van der Waals surface area contributed by atoms with Crippen molar-refractivity contribution in [3.8, 4) is 0 Å². The van der Waals surface area contributed by atoms with E-state index in [9.17, 15) is 4.79 Å². The number of anilines is 1. The molecule has 1 rings (SSSR count). The molecule has 0 aliphatic heterocycles. The van der Waals surface area contributed by atoms with Crippen LogP contribution in [0.4, 0.5) is 5.13 Å². The summed E-state index contributed by atoms with van der Waals surface area (Å²) >= 11 is 2.95. The highest BCUT2D eigenvalue weighted by Crippen LogP contribution is 2.10. The Bertz CT molecular complexity index is 272. The van der Waals surface area contributed by atoms with E-state index >= 15 is 0 Å². The summed E-state index contributed by atoms with van der Waals surface area (Å²) in [6, 6.07) is 0. The first-order chi connectivity index (χ1) is 6.33. The van der Waals surface area contributed by atoms with E-state index in [0.29, 0.717) is 10.9 Å². The summed E-state index contributed by atoms with van der Waals surface area (Å²) in [4.78, 5) is 15.1. The van der Waals surface area contributed by atoms with Gasteiger partial charge in [-0.2, -0.15) is 0 Å². The van der Waals surface area contributed by atoms with Crippen LogP contribution in [0.2, 0.25) is 0 Å². The Labute approximate surface area is 85.3 Å². The fraction of sp³-hybridized carbons (Fsp3) is 0.250. The Morgan fingerprint density at radius 3 is 3.31 bits per heavy atom. The van der Waals surface area contributed by atoms with Crippen molar-refractivity contribution >= 4 is 34.1 Å². The van der Waals surface area contributed by atoms with Crippen LogP contribution in [0.1, 0.15) is 0 Å². The van der Waals surface area contributed by atoms with Crippen LogP contribution in [0, 0.1) is 0 Å². The summed E-state index contributed by atoms with van der Waals surface area (Å²) in [5.74, 6) is 1.23. The van der Waals surface area contributed by atoms with E-state index in [1.165, 1.54) is 23.1 Å². The molecule has 1 heterocycles. The van der Waals surface area contributed by atoms with Gasteiger partial charge in [0.25, 0.3) is 0 Å². The molecule has 0 aliphatic rings. The minimum atomic E-state index is -0.0122. The molecule has 0 saturated heterocycles. The minimum absolute atomic E-state index is 0.0122. The van der Waals surface area contributed by atoms with Gasteiger partial charge in [0.05, 0.1) is 5.75 Å². The molecule has 70 valence electrons. The topological polar surface area (TPSA) is 42.0 Å². The quantitative estimate of drug-likeness (QED) is 0.602. The molecule has 0 saturated carbocycles. The van der Waals surface area contributed by atoms with Gasteiger partial charge >= 0.3 is 0 Å². The van der Waals surface area contributed by atoms with Gasteiger partial charge in [0.1, 0.15) is 0 Å². The van der Waals surface area contributed by atoms with Crippen LogP contribution < -0.4 is 5.32 Å². The molecular weight excluding hydrogens is 204 g/mol. The van der Waals surface area contributed by atoms with E-state index in [2.05, 4.69) is 16.9 Å². The number of thiazole rings is 1. The maximum absolute atomic E-state index is 11.2. The van der Waals surface area contributed by atoms with Gasteiger partial charge in [0.2, 0.25) is 5.91 Å². The fourth-order valence-electron chi connectivity index (χ4n) is 0.675. The molecule has 0 atom stereocenters. The van der Waals surface area contributed by atoms with E-state index in [1.54, 1.807) is 12.3 Å². The zero-order chi connectivity index (χ0) is 9.52. The van der Waals surface area contributed by atoms with Gasteiger partial charge < -0.3 is 5.32 Å². The molecule has 0 bridgehead atoms. The van der Waals surface area contributed by atoms with E-state index in [0.717, 1.165) is 5.75 Å². The molecule has 0 aliphatic carbocycles. The van der Waals surface area contributed by atoms with E-state index < -0.39 is 0 Å². The first-order valence-corrected chi connectivity index (χ1v) is 5.74. The monoisotopic (exact) mass is 214 g/mol. The molecular formula is C8H10N2OS2. The lowest BCUT2D eigenvalue weighted by Gasteiger charge is -1.98. The molecule has 1 aromatic rings. The summed E-state index contributed by atoms with van der Waals surface area (Å²) in [7, 11) is 0. The number of carbonyl (C=O) groups excluding carboxylic acids is 1. The van der Waals surface area contributed by atoms with Crippen LogP contribution >= 0.6 is 23.1 Å². The summed E-state index contributed by atoms with van der Waals surface area (Å²) in [5, 5.41) is 5.18. The molecule has 0 fully saturated rings. The molecule has 1 N–H and O–H groups in total. The van der Waals surface area contributed by atoms with Gasteiger partial charge in [-0.3, -0.25) is 4.79 Å². The third-order valence-corrected chi connectivity index (χ3v) is 2.77. The SMILES string of the molecule is C=CCSCC(=O)Nc1nccs1. The van der Waals surface area contributed by atoms with Crippen molar-refractivity contribution in [1.29, 1.82) is 0 Å². The summed E-state index contributed by atoms with van der Waals surface area (Å²) in [6.07, 6.45) is 3.44. The maximum atomic E-state index is 11.2. The van der Waals surface area contributed by atoms with E-state index in [4.69, 9.17) is 0 Å². The minimum Gasteiger partial charge on any atom is -0.301 e. The van der Waals surface area contributed by atoms with E-state index in [1.807, 2.05) is 5.38 Å². The van der Waals surface area contributed by atoms with Crippen molar-refractivity contribution in [2.75, 3.05) is 16.8 Å². The number of carbonyl (C=O) groups is 1. The lowest BCUT2D eigenvalue weighted by Crippen LogP contribution is -2.13. The molecule has 5 heteroatoms. The third-order valence-electron chi connectivity index (χ3n) is 1.15. The standard InChI is InChI=1S/C8H10N2OS2/c1-2-4-12-6-7(11)10-8-9-3-5-13-8/h2-3,5H,1,4,6H2,(H,9,10,11). The normalized spacial score (nSPS) is 9.54. The van der Waals surface area contributed by atoms with Crippen LogP contribution in [0.3, 0.4) is 0 Å². The predicted molar refractivity (Wildman–Crippen MR) is 58.3 cm³/mol. The number of nitrogens with zero attached hydrogens (tertiary/aromatic N) is 1. The van der Waals surface area contributed by atoms with Gasteiger partial charge in [0, 0.05) is 17.3 Å². The molecule has 0 radical (unpaired) electrons. The Morgan fingerprint density at radius 1 is 1.85 bits per heavy atom. The zero-order valence-corrected chi connectivity index (χ0v) is 8.66. The maximum Gasteiger partial charge on any atom is 0.236 e. The number of hydrogen-bond acceptors (Lipinski definition) is 4. The highest BCUT2D eigenvalue weighted by molar-refractivity contribution is 8.00. The lowest BCUT2D eigenvalue weighted by molar-refractivity contribution is -0.113. The average molecular weight is 214 g/mol. The van der Waals surface area contributed by atoms with Crippen molar-refractivity contribution in [1.82, 2.24) is 4.98 Å². The molecule has 0 unspecified atom stereocenters. The molecule has 1 aromatic heterocycles. The van der Waals surface area contributed by atoms with Crippen LogP contribution in [0.5, 0.6) is 0 Å². The number of amides is 1. The number of rotatable bonds is 5. The fourth-order valence-corrected chi connectivity index (χ4v) is 1.76. The molecule has 3 nitrogen and oxygen atoms in total. The summed E-state index contributed by atoms with van der Waals surface area (Å²) < 4.78 is 0. The summed E-state index contributed by atoms with van der Waals surface area (Å²) in [6.45, 7) is 3.57. The number of hydrogen-bond donors (Lipinski definition) is 1. The van der Waals surface area contributed by atoms with E-state index in [-0.39, 0.29) is 5.91 Å². The van der Waals surface area contributed by atoms with Gasteiger partial charge in [-0.1, -0.05) is 6.08 Å². The Morgan fingerprint density at radius 2 is 2.69 bits per heavy atom. The molecule has 1 amide bonds. The van der Waals surface area contributed by atoms with Crippen molar-refractivity contribution in [2.45, 2.75) is 0 Å². The van der Waals surface area contributed by atoms with Gasteiger partial charge in [-0.25, -0.2) is 4.98 Å². The number of nitrogens with one attached hydrogen (secondary N) is 1.